The van der Waals surface area contributed by atoms with E-state index in [2.05, 4.69) is 10.6 Å². The number of carbonyl (C=O) groups excluding carboxylic acids is 3. The third-order valence-corrected chi connectivity index (χ3v) is 4.32. The molecule has 0 unspecified atom stereocenters. The van der Waals surface area contributed by atoms with Crippen molar-refractivity contribution in [2.75, 3.05) is 16.9 Å². The van der Waals surface area contributed by atoms with Crippen molar-refractivity contribution in [3.05, 3.63) is 65.7 Å². The van der Waals surface area contributed by atoms with Crippen LogP contribution in [-0.2, 0) is 9.59 Å². The van der Waals surface area contributed by atoms with Gasteiger partial charge in [0.1, 0.15) is 0 Å². The van der Waals surface area contributed by atoms with E-state index in [0.29, 0.717) is 16.9 Å². The van der Waals surface area contributed by atoms with Gasteiger partial charge in [0.25, 0.3) is 5.91 Å². The minimum Gasteiger partial charge on any atom is -0.323 e. The number of benzene rings is 2. The monoisotopic (exact) mass is 368 g/mol. The molecule has 0 saturated heterocycles. The van der Waals surface area contributed by atoms with Crippen molar-refractivity contribution in [3.63, 3.8) is 0 Å². The molecule has 0 saturated carbocycles. The average Bonchev–Trinajstić information content (AvgIpc) is 2.62. The SMILES string of the molecule is CSc1cccc(NC(=O)/C(C)=C/C(=O)Nc2ccc(C(C)=O)cc2)c1. The molecule has 2 amide bonds. The van der Waals surface area contributed by atoms with E-state index in [1.165, 1.54) is 13.0 Å². The third-order valence-electron chi connectivity index (χ3n) is 3.59. The van der Waals surface area contributed by atoms with Crippen molar-refractivity contribution in [1.29, 1.82) is 0 Å². The van der Waals surface area contributed by atoms with Gasteiger partial charge < -0.3 is 10.6 Å². The van der Waals surface area contributed by atoms with Crippen LogP contribution >= 0.6 is 11.8 Å². The van der Waals surface area contributed by atoms with Gasteiger partial charge in [-0.2, -0.15) is 0 Å². The van der Waals surface area contributed by atoms with E-state index in [4.69, 9.17) is 0 Å². The molecule has 0 aliphatic rings. The molecule has 0 heterocycles. The predicted octanol–water partition coefficient (Wildman–Crippen LogP) is 4.13. The lowest BCUT2D eigenvalue weighted by Gasteiger charge is -2.07. The van der Waals surface area contributed by atoms with E-state index < -0.39 is 5.91 Å². The molecule has 2 aromatic rings. The van der Waals surface area contributed by atoms with Crippen LogP contribution in [0.25, 0.3) is 0 Å². The summed E-state index contributed by atoms with van der Waals surface area (Å²) in [7, 11) is 0. The molecule has 2 aromatic carbocycles. The summed E-state index contributed by atoms with van der Waals surface area (Å²) in [6, 6.07) is 14.0. The topological polar surface area (TPSA) is 75.3 Å². The van der Waals surface area contributed by atoms with Gasteiger partial charge in [-0.25, -0.2) is 0 Å². The van der Waals surface area contributed by atoms with Crippen LogP contribution in [0.2, 0.25) is 0 Å². The zero-order valence-corrected chi connectivity index (χ0v) is 15.6. The predicted molar refractivity (Wildman–Crippen MR) is 106 cm³/mol. The first kappa shape index (κ1) is 19.5. The van der Waals surface area contributed by atoms with Crippen LogP contribution in [0, 0.1) is 0 Å². The van der Waals surface area contributed by atoms with Gasteiger partial charge in [0, 0.05) is 33.5 Å². The fourth-order valence-corrected chi connectivity index (χ4v) is 2.62. The maximum atomic E-state index is 12.2. The summed E-state index contributed by atoms with van der Waals surface area (Å²) in [5.74, 6) is -0.794. The van der Waals surface area contributed by atoms with E-state index in [-0.39, 0.29) is 17.3 Å². The zero-order valence-electron chi connectivity index (χ0n) is 14.8. The first-order valence-corrected chi connectivity index (χ1v) is 9.17. The number of nitrogens with one attached hydrogen (secondary N) is 2. The van der Waals surface area contributed by atoms with Gasteiger partial charge in [-0.05, 0) is 62.6 Å². The van der Waals surface area contributed by atoms with Crippen LogP contribution in [0.15, 0.2) is 65.1 Å². The number of Topliss-reactive ketones (excluding diaryl/α,β-unsaturated/α-hetero) is 1. The second kappa shape index (κ2) is 9.01. The van der Waals surface area contributed by atoms with Crippen molar-refractivity contribution < 1.29 is 14.4 Å². The quantitative estimate of drug-likeness (QED) is 0.457. The average molecular weight is 368 g/mol. The molecule has 0 atom stereocenters. The molecule has 0 aliphatic heterocycles. The van der Waals surface area contributed by atoms with Gasteiger partial charge in [0.05, 0.1) is 0 Å². The first-order valence-electron chi connectivity index (χ1n) is 7.94. The van der Waals surface area contributed by atoms with E-state index in [1.807, 2.05) is 24.5 Å². The van der Waals surface area contributed by atoms with Crippen LogP contribution in [0.5, 0.6) is 0 Å². The summed E-state index contributed by atoms with van der Waals surface area (Å²) >= 11 is 1.58. The summed E-state index contributed by atoms with van der Waals surface area (Å²) in [4.78, 5) is 36.6. The van der Waals surface area contributed by atoms with E-state index >= 15 is 0 Å². The number of ketones is 1. The van der Waals surface area contributed by atoms with Crippen molar-refractivity contribution >= 4 is 40.7 Å². The second-order valence-corrected chi connectivity index (χ2v) is 6.52. The molecule has 6 heteroatoms. The molecule has 0 bridgehead atoms. The number of carbonyl (C=O) groups is 3. The van der Waals surface area contributed by atoms with Crippen LogP contribution in [0.4, 0.5) is 11.4 Å². The minimum absolute atomic E-state index is 0.0409. The van der Waals surface area contributed by atoms with Crippen LogP contribution < -0.4 is 10.6 Å². The highest BCUT2D eigenvalue weighted by molar-refractivity contribution is 7.98. The van der Waals surface area contributed by atoms with Crippen LogP contribution in [0.1, 0.15) is 24.2 Å². The molecule has 0 radical (unpaired) electrons. The number of rotatable bonds is 6. The largest absolute Gasteiger partial charge is 0.323 e. The van der Waals surface area contributed by atoms with Gasteiger partial charge in [-0.1, -0.05) is 6.07 Å². The molecular weight excluding hydrogens is 348 g/mol. The molecule has 5 nitrogen and oxygen atoms in total. The summed E-state index contributed by atoms with van der Waals surface area (Å²) in [5, 5.41) is 5.43. The molecule has 0 spiro atoms. The van der Waals surface area contributed by atoms with Gasteiger partial charge >= 0.3 is 0 Å². The maximum absolute atomic E-state index is 12.2. The van der Waals surface area contributed by atoms with Crippen LogP contribution in [-0.4, -0.2) is 23.9 Å². The fraction of sp³-hybridized carbons (Fsp3) is 0.150. The molecule has 134 valence electrons. The molecule has 0 aliphatic carbocycles. The number of hydrogen-bond donors (Lipinski definition) is 2. The number of thioether (sulfide) groups is 1. The molecule has 2 rings (SSSR count). The summed E-state index contributed by atoms with van der Waals surface area (Å²) in [6.45, 7) is 3.05. The lowest BCUT2D eigenvalue weighted by Crippen LogP contribution is -2.16. The first-order chi connectivity index (χ1) is 12.4. The highest BCUT2D eigenvalue weighted by Crippen LogP contribution is 2.19. The molecule has 0 aromatic heterocycles. The normalized spacial score (nSPS) is 11.0. The molecule has 2 N–H and O–H groups in total. The minimum atomic E-state index is -0.411. The molecular formula is C20H20N2O3S. The lowest BCUT2D eigenvalue weighted by molar-refractivity contribution is -0.114. The summed E-state index contributed by atoms with van der Waals surface area (Å²) in [6.07, 6.45) is 3.20. The highest BCUT2D eigenvalue weighted by Gasteiger charge is 2.08. The molecule has 0 fully saturated rings. The van der Waals surface area contributed by atoms with Crippen molar-refractivity contribution in [2.45, 2.75) is 18.7 Å². The smallest absolute Gasteiger partial charge is 0.251 e. The molecule has 26 heavy (non-hydrogen) atoms. The van der Waals surface area contributed by atoms with Crippen molar-refractivity contribution in [3.8, 4) is 0 Å². The van der Waals surface area contributed by atoms with E-state index in [0.717, 1.165) is 4.90 Å². The highest BCUT2D eigenvalue weighted by atomic mass is 32.2. The van der Waals surface area contributed by atoms with Gasteiger partial charge in [-0.15, -0.1) is 11.8 Å². The Morgan fingerprint density at radius 1 is 0.923 bits per heavy atom. The number of anilines is 2. The third kappa shape index (κ3) is 5.60. The Labute approximate surface area is 156 Å². The summed E-state index contributed by atoms with van der Waals surface area (Å²) < 4.78 is 0. The van der Waals surface area contributed by atoms with Gasteiger partial charge in [-0.3, -0.25) is 14.4 Å². The fourth-order valence-electron chi connectivity index (χ4n) is 2.16. The maximum Gasteiger partial charge on any atom is 0.251 e. The van der Waals surface area contributed by atoms with Crippen LogP contribution in [0.3, 0.4) is 0 Å². The zero-order chi connectivity index (χ0) is 19.1. The van der Waals surface area contributed by atoms with E-state index in [9.17, 15) is 14.4 Å². The number of hydrogen-bond acceptors (Lipinski definition) is 4. The van der Waals surface area contributed by atoms with Crippen molar-refractivity contribution in [2.24, 2.45) is 0 Å². The standard InChI is InChI=1S/C20H20N2O3S/c1-13(20(25)22-17-5-4-6-18(12-17)26-3)11-19(24)21-16-9-7-15(8-10-16)14(2)23/h4-12H,1-3H3,(H,21,24)(H,22,25)/b13-11+. The second-order valence-electron chi connectivity index (χ2n) is 5.64. The number of amides is 2. The Balaban J connectivity index is 1.99. The Bertz CT molecular complexity index is 858. The Hall–Kier alpha value is -2.86. The lowest BCUT2D eigenvalue weighted by atomic mass is 10.1. The Morgan fingerprint density at radius 2 is 1.62 bits per heavy atom. The van der Waals surface area contributed by atoms with Gasteiger partial charge in [0.2, 0.25) is 5.91 Å². The Morgan fingerprint density at radius 3 is 2.23 bits per heavy atom. The Kier molecular flexibility index (Phi) is 6.74. The van der Waals surface area contributed by atoms with E-state index in [1.54, 1.807) is 49.0 Å². The van der Waals surface area contributed by atoms with Gasteiger partial charge in [0.15, 0.2) is 5.78 Å². The summed E-state index contributed by atoms with van der Waals surface area (Å²) in [5.41, 5.74) is 2.09. The van der Waals surface area contributed by atoms with Crippen molar-refractivity contribution in [1.82, 2.24) is 0 Å².